The summed E-state index contributed by atoms with van der Waals surface area (Å²) in [4.78, 5) is 15.2. The van der Waals surface area contributed by atoms with E-state index in [9.17, 15) is 4.79 Å². The molecule has 1 amide bonds. The zero-order chi connectivity index (χ0) is 17.3. The van der Waals surface area contributed by atoms with Crippen LogP contribution in [-0.4, -0.2) is 36.0 Å². The van der Waals surface area contributed by atoms with Crippen LogP contribution in [0.5, 0.6) is 0 Å². The van der Waals surface area contributed by atoms with Crippen molar-refractivity contribution in [2.45, 2.75) is 52.5 Å². The molecule has 4 nitrogen and oxygen atoms in total. The maximum Gasteiger partial charge on any atom is 0.287 e. The molecule has 2 heterocycles. The summed E-state index contributed by atoms with van der Waals surface area (Å²) in [5, 5.41) is 4.18. The predicted molar refractivity (Wildman–Crippen MR) is 97.5 cm³/mol. The fourth-order valence-electron chi connectivity index (χ4n) is 3.63. The number of amides is 1. The van der Waals surface area contributed by atoms with Gasteiger partial charge >= 0.3 is 0 Å². The Hall–Kier alpha value is -1.81. The van der Waals surface area contributed by atoms with Crippen LogP contribution >= 0.6 is 0 Å². The van der Waals surface area contributed by atoms with Crippen LogP contribution in [0.15, 0.2) is 22.6 Å². The Morgan fingerprint density at radius 2 is 1.92 bits per heavy atom. The van der Waals surface area contributed by atoms with Crippen molar-refractivity contribution in [2.24, 2.45) is 0 Å². The number of carbonyl (C=O) groups is 1. The molecule has 0 saturated carbocycles. The number of furan rings is 1. The zero-order valence-corrected chi connectivity index (χ0v) is 15.2. The van der Waals surface area contributed by atoms with Crippen LogP contribution in [0.25, 0.3) is 11.0 Å². The first-order valence-corrected chi connectivity index (χ1v) is 8.90. The number of nitrogens with one attached hydrogen (secondary N) is 1. The second-order valence-electron chi connectivity index (χ2n) is 7.73. The molecule has 0 atom stereocenters. The van der Waals surface area contributed by atoms with Crippen molar-refractivity contribution < 1.29 is 9.21 Å². The average Bonchev–Trinajstić information content (AvgIpc) is 2.83. The lowest BCUT2D eigenvalue weighted by Gasteiger charge is -2.35. The Morgan fingerprint density at radius 3 is 2.62 bits per heavy atom. The molecule has 0 aliphatic carbocycles. The van der Waals surface area contributed by atoms with Gasteiger partial charge in [-0.15, -0.1) is 0 Å². The molecule has 0 spiro atoms. The summed E-state index contributed by atoms with van der Waals surface area (Å²) in [7, 11) is 0. The largest absolute Gasteiger partial charge is 0.451 e. The lowest BCUT2D eigenvalue weighted by atomic mass is 10.0. The van der Waals surface area contributed by atoms with Gasteiger partial charge < -0.3 is 14.6 Å². The Labute approximate surface area is 144 Å². The molecule has 0 unspecified atom stereocenters. The molecule has 1 aromatic carbocycles. The summed E-state index contributed by atoms with van der Waals surface area (Å²) in [6.07, 6.45) is 3.83. The summed E-state index contributed by atoms with van der Waals surface area (Å²) < 4.78 is 5.85. The topological polar surface area (TPSA) is 45.5 Å². The Bertz CT molecular complexity index is 739. The third-order valence-electron chi connectivity index (χ3n) is 4.82. The first-order valence-electron chi connectivity index (χ1n) is 8.90. The number of rotatable bonds is 4. The van der Waals surface area contributed by atoms with Gasteiger partial charge in [0, 0.05) is 23.0 Å². The lowest BCUT2D eigenvalue weighted by molar-refractivity contribution is 0.0851. The summed E-state index contributed by atoms with van der Waals surface area (Å²) >= 11 is 0. The number of fused-ring (bicyclic) bond motifs is 1. The van der Waals surface area contributed by atoms with Gasteiger partial charge in [-0.25, -0.2) is 0 Å². The van der Waals surface area contributed by atoms with Gasteiger partial charge in [0.15, 0.2) is 5.76 Å². The first-order chi connectivity index (χ1) is 11.4. The molecule has 3 rings (SSSR count). The van der Waals surface area contributed by atoms with Gasteiger partial charge in [-0.1, -0.05) is 18.6 Å². The van der Waals surface area contributed by atoms with E-state index < -0.39 is 0 Å². The van der Waals surface area contributed by atoms with Crippen molar-refractivity contribution >= 4 is 16.9 Å². The van der Waals surface area contributed by atoms with Crippen molar-refractivity contribution in [3.8, 4) is 0 Å². The van der Waals surface area contributed by atoms with Crippen LogP contribution in [0.3, 0.4) is 0 Å². The number of hydrogen-bond acceptors (Lipinski definition) is 3. The number of piperidine rings is 1. The Balaban J connectivity index is 1.75. The SMILES string of the molecule is Cc1ccc2c(C)c(C(=O)NC(C)(C)CN3CCCCC3)oc2c1. The highest BCUT2D eigenvalue weighted by Gasteiger charge is 2.27. The second kappa shape index (κ2) is 6.60. The van der Waals surface area contributed by atoms with Crippen molar-refractivity contribution in [2.75, 3.05) is 19.6 Å². The van der Waals surface area contributed by atoms with Gasteiger partial charge in [-0.3, -0.25) is 4.79 Å². The predicted octanol–water partition coefficient (Wildman–Crippen LogP) is 4.04. The maximum absolute atomic E-state index is 12.8. The smallest absolute Gasteiger partial charge is 0.287 e. The van der Waals surface area contributed by atoms with E-state index in [1.165, 1.54) is 19.3 Å². The lowest BCUT2D eigenvalue weighted by Crippen LogP contribution is -2.52. The minimum absolute atomic E-state index is 0.122. The van der Waals surface area contributed by atoms with E-state index in [2.05, 4.69) is 24.1 Å². The molecule has 0 radical (unpaired) electrons. The monoisotopic (exact) mass is 328 g/mol. The number of hydrogen-bond donors (Lipinski definition) is 1. The molecule has 1 aromatic heterocycles. The van der Waals surface area contributed by atoms with Crippen LogP contribution in [0.2, 0.25) is 0 Å². The third-order valence-corrected chi connectivity index (χ3v) is 4.82. The fourth-order valence-corrected chi connectivity index (χ4v) is 3.63. The molecular formula is C20H28N2O2. The second-order valence-corrected chi connectivity index (χ2v) is 7.73. The van der Waals surface area contributed by atoms with Gasteiger partial charge in [0.25, 0.3) is 5.91 Å². The number of carbonyl (C=O) groups excluding carboxylic acids is 1. The van der Waals surface area contributed by atoms with Crippen LogP contribution in [0.1, 0.15) is 54.8 Å². The van der Waals surface area contributed by atoms with Crippen molar-refractivity contribution in [1.82, 2.24) is 10.2 Å². The number of likely N-dealkylation sites (tertiary alicyclic amines) is 1. The highest BCUT2D eigenvalue weighted by atomic mass is 16.3. The average molecular weight is 328 g/mol. The third kappa shape index (κ3) is 3.64. The molecule has 1 fully saturated rings. The molecule has 1 aliphatic rings. The standard InChI is InChI=1S/C20H28N2O2/c1-14-8-9-16-15(2)18(24-17(16)12-14)19(23)21-20(3,4)13-22-10-6-5-7-11-22/h8-9,12H,5-7,10-11,13H2,1-4H3,(H,21,23). The van der Waals surface area contributed by atoms with Crippen LogP contribution in [0, 0.1) is 13.8 Å². The molecule has 1 N–H and O–H groups in total. The molecule has 2 aromatic rings. The normalized spacial score (nSPS) is 16.5. The molecule has 1 aliphatic heterocycles. The molecule has 4 heteroatoms. The highest BCUT2D eigenvalue weighted by Crippen LogP contribution is 2.26. The summed E-state index contributed by atoms with van der Waals surface area (Å²) in [5.41, 5.74) is 2.55. The van der Waals surface area contributed by atoms with Gasteiger partial charge in [0.1, 0.15) is 5.58 Å². The highest BCUT2D eigenvalue weighted by molar-refractivity contribution is 5.99. The Morgan fingerprint density at radius 1 is 1.21 bits per heavy atom. The van der Waals surface area contributed by atoms with Crippen LogP contribution in [-0.2, 0) is 0 Å². The summed E-state index contributed by atoms with van der Waals surface area (Å²) in [5.74, 6) is 0.311. The van der Waals surface area contributed by atoms with Crippen LogP contribution in [0.4, 0.5) is 0 Å². The Kier molecular flexibility index (Phi) is 4.68. The minimum Gasteiger partial charge on any atom is -0.451 e. The molecule has 24 heavy (non-hydrogen) atoms. The maximum atomic E-state index is 12.8. The summed E-state index contributed by atoms with van der Waals surface area (Å²) in [6, 6.07) is 6.06. The first kappa shape index (κ1) is 17.0. The van der Waals surface area contributed by atoms with Crippen LogP contribution < -0.4 is 5.32 Å². The number of nitrogens with zero attached hydrogens (tertiary/aromatic N) is 1. The number of benzene rings is 1. The number of aryl methyl sites for hydroxylation is 2. The van der Waals surface area contributed by atoms with Gasteiger partial charge in [0.2, 0.25) is 0 Å². The quantitative estimate of drug-likeness (QED) is 0.921. The van der Waals surface area contributed by atoms with Gasteiger partial charge in [-0.05, 0) is 65.3 Å². The molecule has 130 valence electrons. The van der Waals surface area contributed by atoms with E-state index in [0.717, 1.165) is 41.7 Å². The molecule has 0 bridgehead atoms. The fraction of sp³-hybridized carbons (Fsp3) is 0.550. The van der Waals surface area contributed by atoms with E-state index in [1.54, 1.807) is 0 Å². The van der Waals surface area contributed by atoms with Crippen molar-refractivity contribution in [3.63, 3.8) is 0 Å². The van der Waals surface area contributed by atoms with Crippen molar-refractivity contribution in [3.05, 3.63) is 35.1 Å². The van der Waals surface area contributed by atoms with E-state index in [1.807, 2.05) is 32.0 Å². The van der Waals surface area contributed by atoms with E-state index in [-0.39, 0.29) is 11.4 Å². The van der Waals surface area contributed by atoms with E-state index >= 15 is 0 Å². The molecular weight excluding hydrogens is 300 g/mol. The minimum atomic E-state index is -0.282. The molecule has 1 saturated heterocycles. The van der Waals surface area contributed by atoms with Gasteiger partial charge in [0.05, 0.1) is 0 Å². The van der Waals surface area contributed by atoms with Gasteiger partial charge in [-0.2, -0.15) is 0 Å². The van der Waals surface area contributed by atoms with E-state index in [0.29, 0.717) is 5.76 Å². The van der Waals surface area contributed by atoms with Crippen molar-refractivity contribution in [1.29, 1.82) is 0 Å². The van der Waals surface area contributed by atoms with E-state index in [4.69, 9.17) is 4.42 Å². The zero-order valence-electron chi connectivity index (χ0n) is 15.2. The summed E-state index contributed by atoms with van der Waals surface area (Å²) in [6.45, 7) is 11.3.